The summed E-state index contributed by atoms with van der Waals surface area (Å²) in [6.45, 7) is 8.92. The third-order valence-electron chi connectivity index (χ3n) is 0.387. The van der Waals surface area contributed by atoms with E-state index in [1.165, 1.54) is 0 Å². The largest absolute Gasteiger partial charge is 0.393 e. The lowest BCUT2D eigenvalue weighted by Gasteiger charge is -2.10. The average Bonchev–Trinajstić information content (AvgIpc) is 1.71. The van der Waals surface area contributed by atoms with E-state index in [4.69, 9.17) is 10.2 Å². The highest BCUT2D eigenvalue weighted by atomic mass is 16.3. The van der Waals surface area contributed by atoms with Crippen molar-refractivity contribution in [2.75, 3.05) is 6.61 Å². The number of rotatable bonds is 1. The standard InChI is InChI=1S/C4H10O2.C2H4.2H3N/c1-4(2,6)3-5;1-2;;/h5-6H,3H2,1-2H3;1-2H2;2*1H3. The van der Waals surface area contributed by atoms with Crippen LogP contribution in [0, 0.1) is 0 Å². The molecule has 0 saturated heterocycles. The molecule has 0 bridgehead atoms. The summed E-state index contributed by atoms with van der Waals surface area (Å²) in [6, 6.07) is 0. The maximum atomic E-state index is 8.58. The van der Waals surface area contributed by atoms with Crippen molar-refractivity contribution < 1.29 is 10.2 Å². The van der Waals surface area contributed by atoms with Crippen LogP contribution in [0.15, 0.2) is 13.2 Å². The zero-order chi connectivity index (χ0) is 7.21. The molecule has 0 atom stereocenters. The Morgan fingerprint density at radius 2 is 1.30 bits per heavy atom. The first kappa shape index (κ1) is 22.7. The normalized spacial score (nSPS) is 7.60. The van der Waals surface area contributed by atoms with Gasteiger partial charge in [0.2, 0.25) is 0 Å². The van der Waals surface area contributed by atoms with Crippen LogP contribution in [0.25, 0.3) is 0 Å². The fraction of sp³-hybridized carbons (Fsp3) is 0.667. The summed E-state index contributed by atoms with van der Waals surface area (Å²) >= 11 is 0. The van der Waals surface area contributed by atoms with Gasteiger partial charge in [0.25, 0.3) is 0 Å². The number of hydrogen-bond donors (Lipinski definition) is 4. The maximum absolute atomic E-state index is 8.58. The van der Waals surface area contributed by atoms with Crippen LogP contribution in [-0.4, -0.2) is 22.4 Å². The molecule has 66 valence electrons. The van der Waals surface area contributed by atoms with E-state index in [9.17, 15) is 0 Å². The predicted molar refractivity (Wildman–Crippen MR) is 44.7 cm³/mol. The van der Waals surface area contributed by atoms with Crippen molar-refractivity contribution in [1.29, 1.82) is 0 Å². The van der Waals surface area contributed by atoms with Gasteiger partial charge in [-0.3, -0.25) is 0 Å². The molecule has 8 N–H and O–H groups in total. The molecule has 10 heavy (non-hydrogen) atoms. The Morgan fingerprint density at radius 1 is 1.20 bits per heavy atom. The van der Waals surface area contributed by atoms with Crippen LogP contribution < -0.4 is 12.3 Å². The van der Waals surface area contributed by atoms with Crippen LogP contribution in [0.5, 0.6) is 0 Å². The minimum absolute atomic E-state index is 0. The van der Waals surface area contributed by atoms with Crippen molar-refractivity contribution in [3.05, 3.63) is 13.2 Å². The SMILES string of the molecule is C=C.CC(C)(O)CO.N.N. The van der Waals surface area contributed by atoms with Gasteiger partial charge in [0, 0.05) is 0 Å². The van der Waals surface area contributed by atoms with E-state index in [2.05, 4.69) is 13.2 Å². The number of hydrogen-bond acceptors (Lipinski definition) is 4. The van der Waals surface area contributed by atoms with Crippen molar-refractivity contribution in [3.63, 3.8) is 0 Å². The van der Waals surface area contributed by atoms with Gasteiger partial charge in [-0.25, -0.2) is 0 Å². The molecule has 0 spiro atoms. The third kappa shape index (κ3) is 49.3. The topological polar surface area (TPSA) is 110 Å². The molecule has 0 saturated carbocycles. The molecule has 0 radical (unpaired) electrons. The highest BCUT2D eigenvalue weighted by Gasteiger charge is 2.07. The van der Waals surface area contributed by atoms with Gasteiger partial charge in [-0.15, -0.1) is 13.2 Å². The Kier molecular flexibility index (Phi) is 25.8. The van der Waals surface area contributed by atoms with Gasteiger partial charge in [-0.05, 0) is 13.8 Å². The van der Waals surface area contributed by atoms with Crippen molar-refractivity contribution >= 4 is 0 Å². The zero-order valence-corrected chi connectivity index (χ0v) is 6.93. The first-order valence-corrected chi connectivity index (χ1v) is 2.39. The molecule has 4 nitrogen and oxygen atoms in total. The summed E-state index contributed by atoms with van der Waals surface area (Å²) in [5.41, 5.74) is -0.903. The highest BCUT2D eigenvalue weighted by molar-refractivity contribution is 4.59. The zero-order valence-electron chi connectivity index (χ0n) is 6.93. The van der Waals surface area contributed by atoms with E-state index < -0.39 is 5.60 Å². The van der Waals surface area contributed by atoms with Gasteiger partial charge >= 0.3 is 0 Å². The molecule has 0 aromatic carbocycles. The lowest BCUT2D eigenvalue weighted by atomic mass is 10.2. The van der Waals surface area contributed by atoms with Gasteiger partial charge in [0.1, 0.15) is 0 Å². The average molecular weight is 152 g/mol. The summed E-state index contributed by atoms with van der Waals surface area (Å²) in [4.78, 5) is 0. The molecule has 0 heterocycles. The van der Waals surface area contributed by atoms with Crippen LogP contribution in [0.4, 0.5) is 0 Å². The Labute approximate surface area is 62.7 Å². The molecule has 0 aromatic rings. The van der Waals surface area contributed by atoms with Gasteiger partial charge in [0.05, 0.1) is 12.2 Å². The Bertz CT molecular complexity index is 52.2. The molecule has 0 unspecified atom stereocenters. The van der Waals surface area contributed by atoms with E-state index in [0.29, 0.717) is 0 Å². The summed E-state index contributed by atoms with van der Waals surface area (Å²) in [6.07, 6.45) is 0. The summed E-state index contributed by atoms with van der Waals surface area (Å²) in [5, 5.41) is 16.7. The minimum atomic E-state index is -0.903. The fourth-order valence-electron chi connectivity index (χ4n) is 0. The summed E-state index contributed by atoms with van der Waals surface area (Å²) < 4.78 is 0. The van der Waals surface area contributed by atoms with Crippen LogP contribution in [-0.2, 0) is 0 Å². The van der Waals surface area contributed by atoms with E-state index in [-0.39, 0.29) is 18.9 Å². The van der Waals surface area contributed by atoms with Crippen molar-refractivity contribution in [2.24, 2.45) is 0 Å². The van der Waals surface area contributed by atoms with Crippen LogP contribution in [0.1, 0.15) is 13.8 Å². The van der Waals surface area contributed by atoms with Gasteiger partial charge < -0.3 is 22.5 Å². The van der Waals surface area contributed by atoms with Crippen molar-refractivity contribution in [1.82, 2.24) is 12.3 Å². The van der Waals surface area contributed by atoms with Crippen molar-refractivity contribution in [2.45, 2.75) is 19.4 Å². The number of aliphatic hydroxyl groups excluding tert-OH is 1. The molecule has 0 aliphatic rings. The van der Waals surface area contributed by atoms with Gasteiger partial charge in [-0.2, -0.15) is 0 Å². The third-order valence-corrected chi connectivity index (χ3v) is 0.387. The first-order valence-electron chi connectivity index (χ1n) is 2.39. The molecule has 0 aliphatic heterocycles. The van der Waals surface area contributed by atoms with Gasteiger partial charge in [0.15, 0.2) is 0 Å². The van der Waals surface area contributed by atoms with Crippen LogP contribution in [0.3, 0.4) is 0 Å². The maximum Gasteiger partial charge on any atom is 0.0821 e. The second-order valence-corrected chi connectivity index (χ2v) is 1.97. The second-order valence-electron chi connectivity index (χ2n) is 1.97. The first-order chi connectivity index (χ1) is 3.56. The van der Waals surface area contributed by atoms with E-state index >= 15 is 0 Å². The lowest BCUT2D eigenvalue weighted by molar-refractivity contribution is 0.0183. The summed E-state index contributed by atoms with van der Waals surface area (Å²) in [5.74, 6) is 0. The second kappa shape index (κ2) is 11.4. The number of aliphatic hydroxyl groups is 2. The smallest absolute Gasteiger partial charge is 0.0821 e. The molecular weight excluding hydrogens is 132 g/mol. The monoisotopic (exact) mass is 152 g/mol. The lowest BCUT2D eigenvalue weighted by Crippen LogP contribution is -2.23. The minimum Gasteiger partial charge on any atom is -0.393 e. The molecule has 0 amide bonds. The predicted octanol–water partition coefficient (Wildman–Crippen LogP) is 0.876. The quantitative estimate of drug-likeness (QED) is 0.418. The Balaban J connectivity index is -0.0000000412. The van der Waals surface area contributed by atoms with Crippen LogP contribution in [0.2, 0.25) is 0 Å². The molecule has 0 fully saturated rings. The Morgan fingerprint density at radius 3 is 1.30 bits per heavy atom. The molecular formula is C6H20N2O2. The highest BCUT2D eigenvalue weighted by Crippen LogP contribution is 1.95. The molecule has 0 rings (SSSR count). The van der Waals surface area contributed by atoms with Crippen LogP contribution >= 0.6 is 0 Å². The molecule has 0 aromatic heterocycles. The fourth-order valence-corrected chi connectivity index (χ4v) is 0. The van der Waals surface area contributed by atoms with E-state index in [1.54, 1.807) is 13.8 Å². The summed E-state index contributed by atoms with van der Waals surface area (Å²) in [7, 11) is 0. The van der Waals surface area contributed by atoms with E-state index in [0.717, 1.165) is 0 Å². The molecule has 4 heteroatoms. The van der Waals surface area contributed by atoms with E-state index in [1.807, 2.05) is 0 Å². The Hall–Kier alpha value is -0.420. The molecule has 0 aliphatic carbocycles. The van der Waals surface area contributed by atoms with Crippen molar-refractivity contribution in [3.8, 4) is 0 Å². The van der Waals surface area contributed by atoms with Gasteiger partial charge in [-0.1, -0.05) is 0 Å².